The molecule has 12 heavy (non-hydrogen) atoms. The number of carbonyl (C=O) groups excluding carboxylic acids is 1. The zero-order chi connectivity index (χ0) is 8.82. The van der Waals surface area contributed by atoms with E-state index >= 15 is 0 Å². The third-order valence-corrected chi connectivity index (χ3v) is 3.15. The Morgan fingerprint density at radius 1 is 1.58 bits per heavy atom. The molecule has 0 aromatic heterocycles. The Hall–Kier alpha value is -0.570. The lowest BCUT2D eigenvalue weighted by molar-refractivity contribution is -0.153. The van der Waals surface area contributed by atoms with Crippen LogP contribution in [-0.4, -0.2) is 23.3 Å². The van der Waals surface area contributed by atoms with Gasteiger partial charge in [-0.25, -0.2) is 0 Å². The molecule has 1 aliphatic heterocycles. The van der Waals surface area contributed by atoms with Crippen LogP contribution in [0.1, 0.15) is 32.6 Å². The Labute approximate surface area is 71.7 Å². The first-order valence-corrected chi connectivity index (χ1v) is 4.45. The maximum atomic E-state index is 11.4. The van der Waals surface area contributed by atoms with Gasteiger partial charge in [0.05, 0.1) is 12.0 Å². The largest absolute Gasteiger partial charge is 0.459 e. The standard InChI is InChI=1S/C9H14O3/c1-8-3-2-4-9(5-8,6-10)7(11)12-8/h10H,2-6H2,1H3. The number of hydrogen-bond acceptors (Lipinski definition) is 3. The Bertz CT molecular complexity index is 226. The summed E-state index contributed by atoms with van der Waals surface area (Å²) in [6, 6.07) is 0. The Kier molecular flexibility index (Phi) is 1.49. The molecule has 1 aliphatic carbocycles. The van der Waals surface area contributed by atoms with Crippen molar-refractivity contribution in [3.05, 3.63) is 0 Å². The molecule has 0 amide bonds. The number of aliphatic hydroxyl groups excluding tert-OH is 1. The second-order valence-corrected chi connectivity index (χ2v) is 4.31. The van der Waals surface area contributed by atoms with E-state index in [0.717, 1.165) is 19.3 Å². The smallest absolute Gasteiger partial charge is 0.315 e. The van der Waals surface area contributed by atoms with E-state index in [1.165, 1.54) is 0 Å². The minimum absolute atomic E-state index is 0.0541. The van der Waals surface area contributed by atoms with Crippen LogP contribution < -0.4 is 0 Å². The zero-order valence-electron chi connectivity index (χ0n) is 7.30. The highest BCUT2D eigenvalue weighted by molar-refractivity contribution is 5.80. The normalized spacial score (nSPS) is 46.0. The molecule has 2 unspecified atom stereocenters. The molecule has 2 bridgehead atoms. The lowest BCUT2D eigenvalue weighted by Crippen LogP contribution is -2.34. The fourth-order valence-corrected chi connectivity index (χ4v) is 2.49. The minimum atomic E-state index is -0.549. The van der Waals surface area contributed by atoms with Crippen LogP contribution in [0.2, 0.25) is 0 Å². The van der Waals surface area contributed by atoms with Crippen LogP contribution in [-0.2, 0) is 9.53 Å². The molecule has 68 valence electrons. The van der Waals surface area contributed by atoms with Crippen molar-refractivity contribution < 1.29 is 14.6 Å². The van der Waals surface area contributed by atoms with E-state index in [4.69, 9.17) is 9.84 Å². The average Bonchev–Trinajstić information content (AvgIpc) is 2.19. The number of hydrogen-bond donors (Lipinski definition) is 1. The lowest BCUT2D eigenvalue weighted by atomic mass is 9.71. The molecule has 0 spiro atoms. The van der Waals surface area contributed by atoms with Gasteiger partial charge in [0.2, 0.25) is 0 Å². The summed E-state index contributed by atoms with van der Waals surface area (Å²) >= 11 is 0. The van der Waals surface area contributed by atoms with Crippen LogP contribution in [0, 0.1) is 5.41 Å². The van der Waals surface area contributed by atoms with E-state index in [2.05, 4.69) is 0 Å². The van der Waals surface area contributed by atoms with Crippen LogP contribution in [0.15, 0.2) is 0 Å². The second kappa shape index (κ2) is 2.22. The number of ether oxygens (including phenoxy) is 1. The predicted molar refractivity (Wildman–Crippen MR) is 42.5 cm³/mol. The summed E-state index contributed by atoms with van der Waals surface area (Å²) in [5.41, 5.74) is -0.828. The molecule has 0 radical (unpaired) electrons. The first-order chi connectivity index (χ1) is 5.60. The van der Waals surface area contributed by atoms with Crippen molar-refractivity contribution in [1.29, 1.82) is 0 Å². The van der Waals surface area contributed by atoms with Crippen molar-refractivity contribution in [2.24, 2.45) is 5.41 Å². The molecule has 0 aromatic rings. The first-order valence-electron chi connectivity index (χ1n) is 4.45. The molecule has 0 aromatic carbocycles. The predicted octanol–water partition coefficient (Wildman–Crippen LogP) is 0.855. The van der Waals surface area contributed by atoms with Crippen LogP contribution in [0.4, 0.5) is 0 Å². The van der Waals surface area contributed by atoms with Crippen molar-refractivity contribution in [3.8, 4) is 0 Å². The van der Waals surface area contributed by atoms with Gasteiger partial charge in [0.15, 0.2) is 0 Å². The number of aliphatic hydroxyl groups is 1. The number of rotatable bonds is 1. The highest BCUT2D eigenvalue weighted by Gasteiger charge is 2.56. The lowest BCUT2D eigenvalue weighted by Gasteiger charge is -2.30. The van der Waals surface area contributed by atoms with Gasteiger partial charge < -0.3 is 9.84 Å². The van der Waals surface area contributed by atoms with Gasteiger partial charge >= 0.3 is 5.97 Å². The Morgan fingerprint density at radius 2 is 2.33 bits per heavy atom. The summed E-state index contributed by atoms with van der Waals surface area (Å²) in [6.45, 7) is 1.91. The third kappa shape index (κ3) is 0.891. The maximum Gasteiger partial charge on any atom is 0.315 e. The summed E-state index contributed by atoms with van der Waals surface area (Å²) in [4.78, 5) is 11.4. The highest BCUT2D eigenvalue weighted by Crippen LogP contribution is 2.50. The maximum absolute atomic E-state index is 11.4. The average molecular weight is 170 g/mol. The monoisotopic (exact) mass is 170 g/mol. The SMILES string of the molecule is CC12CCCC(CO)(C1)C(=O)O2. The molecule has 3 heteroatoms. The van der Waals surface area contributed by atoms with Crippen molar-refractivity contribution in [1.82, 2.24) is 0 Å². The van der Waals surface area contributed by atoms with Gasteiger partial charge in [0.25, 0.3) is 0 Å². The Balaban J connectivity index is 2.31. The third-order valence-electron chi connectivity index (χ3n) is 3.15. The van der Waals surface area contributed by atoms with Gasteiger partial charge in [-0.1, -0.05) is 0 Å². The van der Waals surface area contributed by atoms with E-state index < -0.39 is 5.41 Å². The molecule has 1 saturated carbocycles. The van der Waals surface area contributed by atoms with Gasteiger partial charge in [-0.2, -0.15) is 0 Å². The highest BCUT2D eigenvalue weighted by atomic mass is 16.6. The van der Waals surface area contributed by atoms with Crippen LogP contribution in [0.25, 0.3) is 0 Å². The molecular formula is C9H14O3. The fraction of sp³-hybridized carbons (Fsp3) is 0.889. The van der Waals surface area contributed by atoms with E-state index in [9.17, 15) is 4.79 Å². The first kappa shape index (κ1) is 8.05. The van der Waals surface area contributed by atoms with Gasteiger partial charge in [-0.15, -0.1) is 0 Å². The van der Waals surface area contributed by atoms with E-state index in [0.29, 0.717) is 6.42 Å². The molecule has 3 nitrogen and oxygen atoms in total. The fourth-order valence-electron chi connectivity index (χ4n) is 2.49. The molecule has 2 rings (SSSR count). The molecule has 2 aliphatic rings. The van der Waals surface area contributed by atoms with E-state index in [-0.39, 0.29) is 18.2 Å². The van der Waals surface area contributed by atoms with E-state index in [1.54, 1.807) is 0 Å². The van der Waals surface area contributed by atoms with Gasteiger partial charge in [-0.05, 0) is 26.2 Å². The van der Waals surface area contributed by atoms with Crippen LogP contribution in [0.5, 0.6) is 0 Å². The number of carbonyl (C=O) groups is 1. The van der Waals surface area contributed by atoms with Crippen LogP contribution >= 0.6 is 0 Å². The second-order valence-electron chi connectivity index (χ2n) is 4.31. The summed E-state index contributed by atoms with van der Waals surface area (Å²) < 4.78 is 5.27. The summed E-state index contributed by atoms with van der Waals surface area (Å²) in [5.74, 6) is -0.190. The molecule has 1 saturated heterocycles. The van der Waals surface area contributed by atoms with Crippen molar-refractivity contribution >= 4 is 5.97 Å². The molecular weight excluding hydrogens is 156 g/mol. The van der Waals surface area contributed by atoms with Crippen LogP contribution in [0.3, 0.4) is 0 Å². The minimum Gasteiger partial charge on any atom is -0.459 e. The molecule has 2 atom stereocenters. The zero-order valence-corrected chi connectivity index (χ0v) is 7.30. The number of esters is 1. The number of fused-ring (bicyclic) bond motifs is 2. The Morgan fingerprint density at radius 3 is 2.92 bits per heavy atom. The molecule has 2 fully saturated rings. The molecule has 1 heterocycles. The van der Waals surface area contributed by atoms with Gasteiger partial charge in [0, 0.05) is 6.42 Å². The summed E-state index contributed by atoms with van der Waals surface area (Å²) in [5, 5.41) is 9.15. The molecule has 1 N–H and O–H groups in total. The van der Waals surface area contributed by atoms with Crippen molar-refractivity contribution in [2.75, 3.05) is 6.61 Å². The van der Waals surface area contributed by atoms with Crippen molar-refractivity contribution in [3.63, 3.8) is 0 Å². The van der Waals surface area contributed by atoms with Gasteiger partial charge in [0.1, 0.15) is 5.60 Å². The van der Waals surface area contributed by atoms with Gasteiger partial charge in [-0.3, -0.25) is 4.79 Å². The summed E-state index contributed by atoms with van der Waals surface area (Å²) in [6.07, 6.45) is 3.43. The van der Waals surface area contributed by atoms with E-state index in [1.807, 2.05) is 6.92 Å². The topological polar surface area (TPSA) is 46.5 Å². The summed E-state index contributed by atoms with van der Waals surface area (Å²) in [7, 11) is 0. The van der Waals surface area contributed by atoms with Crippen molar-refractivity contribution in [2.45, 2.75) is 38.2 Å². The quantitative estimate of drug-likeness (QED) is 0.593.